The van der Waals surface area contributed by atoms with E-state index in [-0.39, 0.29) is 12.7 Å². The van der Waals surface area contributed by atoms with E-state index in [4.69, 9.17) is 4.74 Å². The van der Waals surface area contributed by atoms with Crippen molar-refractivity contribution in [3.05, 3.63) is 95.6 Å². The molecule has 0 aromatic heterocycles. The number of nitrogens with zero attached hydrogens (tertiary/aromatic N) is 1. The van der Waals surface area contributed by atoms with Crippen molar-refractivity contribution in [3.63, 3.8) is 0 Å². The van der Waals surface area contributed by atoms with Crippen molar-refractivity contribution < 1.29 is 9.53 Å². The van der Waals surface area contributed by atoms with E-state index < -0.39 is 0 Å². The molecule has 0 saturated heterocycles. The third kappa shape index (κ3) is 6.22. The van der Waals surface area contributed by atoms with Crippen molar-refractivity contribution in [3.8, 4) is 17.2 Å². The van der Waals surface area contributed by atoms with Crippen LogP contribution in [0, 0.1) is 11.3 Å². The molecule has 0 unspecified atom stereocenters. The summed E-state index contributed by atoms with van der Waals surface area (Å²) in [6.07, 6.45) is 2.43. The largest absolute Gasteiger partial charge is 0.445 e. The number of carbonyl (C=O) groups excluding carboxylic acids is 1. The normalized spacial score (nSPS) is 10.2. The number of hydrogen-bond acceptors (Lipinski definition) is 3. The van der Waals surface area contributed by atoms with Crippen molar-refractivity contribution in [2.45, 2.75) is 25.9 Å². The predicted octanol–water partition coefficient (Wildman–Crippen LogP) is 5.47. The van der Waals surface area contributed by atoms with Crippen LogP contribution in [0.25, 0.3) is 11.1 Å². The lowest BCUT2D eigenvalue weighted by atomic mass is 9.98. The van der Waals surface area contributed by atoms with Gasteiger partial charge in [-0.3, -0.25) is 0 Å². The van der Waals surface area contributed by atoms with Crippen molar-refractivity contribution in [1.82, 2.24) is 5.32 Å². The van der Waals surface area contributed by atoms with E-state index >= 15 is 0 Å². The van der Waals surface area contributed by atoms with Crippen molar-refractivity contribution in [1.29, 1.82) is 5.26 Å². The highest BCUT2D eigenvalue weighted by atomic mass is 16.5. The molecule has 0 atom stereocenters. The first-order chi connectivity index (χ1) is 14.3. The highest BCUT2D eigenvalue weighted by Crippen LogP contribution is 2.23. The van der Waals surface area contributed by atoms with E-state index in [1.54, 1.807) is 0 Å². The number of aryl methyl sites for hydroxylation is 1. The molecule has 0 radical (unpaired) electrons. The molecule has 3 aromatic rings. The molecule has 1 N–H and O–H groups in total. The Bertz CT molecular complexity index is 960. The highest BCUT2D eigenvalue weighted by Gasteiger charge is 2.04. The predicted molar refractivity (Wildman–Crippen MR) is 114 cm³/mol. The fraction of sp³-hybridized carbons (Fsp3) is 0.200. The molecule has 0 aliphatic carbocycles. The number of unbranched alkanes of at least 4 members (excludes halogenated alkanes) is 1. The van der Waals surface area contributed by atoms with Gasteiger partial charge in [-0.2, -0.15) is 5.26 Å². The van der Waals surface area contributed by atoms with Gasteiger partial charge in [0.05, 0.1) is 11.6 Å². The molecule has 0 spiro atoms. The summed E-state index contributed by atoms with van der Waals surface area (Å²) >= 11 is 0. The lowest BCUT2D eigenvalue weighted by molar-refractivity contribution is 0.139. The Labute approximate surface area is 171 Å². The van der Waals surface area contributed by atoms with Crippen LogP contribution in [0.3, 0.4) is 0 Å². The number of nitrogens with one attached hydrogen (secondary N) is 1. The van der Waals surface area contributed by atoms with Crippen LogP contribution in [-0.2, 0) is 17.8 Å². The quantitative estimate of drug-likeness (QED) is 0.524. The summed E-state index contributed by atoms with van der Waals surface area (Å²) in [6, 6.07) is 27.8. The Hall–Kier alpha value is -3.58. The standard InChI is InChI=1S/C25H24N2O2/c26-18-23-11-4-5-12-24(23)22-15-13-20(14-16-22)8-6-7-17-27-25(28)29-19-21-9-2-1-3-10-21/h1-5,9-16H,6-8,17,19H2,(H,27,28). The smallest absolute Gasteiger partial charge is 0.407 e. The van der Waals surface area contributed by atoms with Gasteiger partial charge in [0.15, 0.2) is 0 Å². The second-order valence-electron chi connectivity index (χ2n) is 6.80. The number of nitriles is 1. The molecule has 0 saturated carbocycles. The average Bonchev–Trinajstić information content (AvgIpc) is 2.78. The topological polar surface area (TPSA) is 62.1 Å². The number of amides is 1. The van der Waals surface area contributed by atoms with Gasteiger partial charge in [0.2, 0.25) is 0 Å². The van der Waals surface area contributed by atoms with Gasteiger partial charge >= 0.3 is 6.09 Å². The average molecular weight is 384 g/mol. The Morgan fingerprint density at radius 3 is 2.34 bits per heavy atom. The van der Waals surface area contributed by atoms with E-state index in [2.05, 4.69) is 35.7 Å². The molecule has 29 heavy (non-hydrogen) atoms. The minimum Gasteiger partial charge on any atom is -0.445 e. The second kappa shape index (κ2) is 10.7. The molecule has 0 heterocycles. The van der Waals surface area contributed by atoms with Gasteiger partial charge in [-0.1, -0.05) is 72.8 Å². The molecular weight excluding hydrogens is 360 g/mol. The van der Waals surface area contributed by atoms with Crippen LogP contribution < -0.4 is 5.32 Å². The molecule has 0 aliphatic rings. The molecule has 4 nitrogen and oxygen atoms in total. The summed E-state index contributed by atoms with van der Waals surface area (Å²) in [4.78, 5) is 11.7. The SMILES string of the molecule is N#Cc1ccccc1-c1ccc(CCCCNC(=O)OCc2ccccc2)cc1. The summed E-state index contributed by atoms with van der Waals surface area (Å²) < 4.78 is 5.19. The number of benzene rings is 3. The first kappa shape index (κ1) is 20.2. The molecule has 0 aliphatic heterocycles. The minimum absolute atomic E-state index is 0.286. The fourth-order valence-electron chi connectivity index (χ4n) is 3.10. The van der Waals surface area contributed by atoms with Gasteiger partial charge in [0.25, 0.3) is 0 Å². The van der Waals surface area contributed by atoms with Gasteiger partial charge in [-0.15, -0.1) is 0 Å². The van der Waals surface area contributed by atoms with Gasteiger partial charge in [0, 0.05) is 6.54 Å². The van der Waals surface area contributed by atoms with Crippen molar-refractivity contribution >= 4 is 6.09 Å². The van der Waals surface area contributed by atoms with Crippen LogP contribution >= 0.6 is 0 Å². The maximum Gasteiger partial charge on any atom is 0.407 e. The van der Waals surface area contributed by atoms with Crippen LogP contribution in [-0.4, -0.2) is 12.6 Å². The van der Waals surface area contributed by atoms with Gasteiger partial charge in [0.1, 0.15) is 6.61 Å². The highest BCUT2D eigenvalue weighted by molar-refractivity contribution is 5.70. The Kier molecular flexibility index (Phi) is 7.42. The zero-order valence-corrected chi connectivity index (χ0v) is 16.3. The summed E-state index contributed by atoms with van der Waals surface area (Å²) in [5.74, 6) is 0. The van der Waals surface area contributed by atoms with Crippen LogP contribution in [0.2, 0.25) is 0 Å². The molecule has 0 fully saturated rings. The maximum atomic E-state index is 11.7. The van der Waals surface area contributed by atoms with Crippen LogP contribution in [0.15, 0.2) is 78.9 Å². The van der Waals surface area contributed by atoms with E-state index in [0.29, 0.717) is 12.1 Å². The molecule has 146 valence electrons. The van der Waals surface area contributed by atoms with Crippen molar-refractivity contribution in [2.24, 2.45) is 0 Å². The zero-order chi connectivity index (χ0) is 20.3. The monoisotopic (exact) mass is 384 g/mol. The van der Waals surface area contributed by atoms with E-state index in [1.807, 2.05) is 54.6 Å². The van der Waals surface area contributed by atoms with Gasteiger partial charge in [-0.25, -0.2) is 4.79 Å². The number of hydrogen-bond donors (Lipinski definition) is 1. The number of carbonyl (C=O) groups is 1. The summed E-state index contributed by atoms with van der Waals surface area (Å²) in [5.41, 5.74) is 4.91. The van der Waals surface area contributed by atoms with E-state index in [0.717, 1.165) is 36.0 Å². The summed E-state index contributed by atoms with van der Waals surface area (Å²) in [7, 11) is 0. The number of rotatable bonds is 8. The number of ether oxygens (including phenoxy) is 1. The fourth-order valence-corrected chi connectivity index (χ4v) is 3.10. The maximum absolute atomic E-state index is 11.7. The first-order valence-corrected chi connectivity index (χ1v) is 9.79. The molecule has 1 amide bonds. The summed E-state index contributed by atoms with van der Waals surface area (Å²) in [5, 5.41) is 12.0. The van der Waals surface area contributed by atoms with Crippen LogP contribution in [0.1, 0.15) is 29.5 Å². The van der Waals surface area contributed by atoms with Gasteiger partial charge in [-0.05, 0) is 47.6 Å². The van der Waals surface area contributed by atoms with E-state index in [1.165, 1.54) is 5.56 Å². The lowest BCUT2D eigenvalue weighted by Gasteiger charge is -2.08. The number of alkyl carbamates (subject to hydrolysis) is 1. The van der Waals surface area contributed by atoms with E-state index in [9.17, 15) is 10.1 Å². The molecule has 3 aromatic carbocycles. The third-order valence-electron chi connectivity index (χ3n) is 4.69. The molecule has 0 bridgehead atoms. The molecular formula is C25H24N2O2. The Balaban J connectivity index is 1.36. The Morgan fingerprint density at radius 1 is 0.862 bits per heavy atom. The molecule has 4 heteroatoms. The van der Waals surface area contributed by atoms with Crippen LogP contribution in [0.5, 0.6) is 0 Å². The summed E-state index contributed by atoms with van der Waals surface area (Å²) in [6.45, 7) is 0.884. The van der Waals surface area contributed by atoms with Gasteiger partial charge < -0.3 is 10.1 Å². The zero-order valence-electron chi connectivity index (χ0n) is 16.3. The minimum atomic E-state index is -0.380. The lowest BCUT2D eigenvalue weighted by Crippen LogP contribution is -2.25. The third-order valence-corrected chi connectivity index (χ3v) is 4.69. The second-order valence-corrected chi connectivity index (χ2v) is 6.80. The molecule has 3 rings (SSSR count). The van der Waals surface area contributed by atoms with Crippen LogP contribution in [0.4, 0.5) is 4.79 Å². The Morgan fingerprint density at radius 2 is 1.59 bits per heavy atom. The first-order valence-electron chi connectivity index (χ1n) is 9.79. The van der Waals surface area contributed by atoms with Crippen molar-refractivity contribution in [2.75, 3.05) is 6.54 Å².